The molecule has 1 aromatic carbocycles. The number of carbonyl (C=O) groups excluding carboxylic acids is 1. The third-order valence-electron chi connectivity index (χ3n) is 3.45. The summed E-state index contributed by atoms with van der Waals surface area (Å²) in [6.45, 7) is 4.04. The highest BCUT2D eigenvalue weighted by atomic mass is 35.5. The number of sulfone groups is 1. The van der Waals surface area contributed by atoms with Gasteiger partial charge in [0.05, 0.1) is 11.5 Å². The molecule has 0 amide bonds. The summed E-state index contributed by atoms with van der Waals surface area (Å²) in [6.07, 6.45) is 0. The molecule has 0 bridgehead atoms. The van der Waals surface area contributed by atoms with Gasteiger partial charge >= 0.3 is 5.97 Å². The lowest BCUT2D eigenvalue weighted by molar-refractivity contribution is -0.149. The lowest BCUT2D eigenvalue weighted by atomic mass is 10.1. The zero-order valence-electron chi connectivity index (χ0n) is 12.1. The molecule has 0 N–H and O–H groups in total. The lowest BCUT2D eigenvalue weighted by Gasteiger charge is -2.33. The second kappa shape index (κ2) is 7.26. The van der Waals surface area contributed by atoms with Crippen molar-refractivity contribution in [2.24, 2.45) is 0 Å². The Morgan fingerprint density at radius 2 is 1.86 bits per heavy atom. The molecule has 5 nitrogen and oxygen atoms in total. The van der Waals surface area contributed by atoms with E-state index in [1.807, 2.05) is 35.2 Å². The van der Waals surface area contributed by atoms with Crippen LogP contribution in [-0.2, 0) is 19.4 Å². The fraction of sp³-hybridized carbons (Fsp3) is 0.400. The van der Waals surface area contributed by atoms with Gasteiger partial charge in [0.2, 0.25) is 0 Å². The maximum atomic E-state index is 12.4. The van der Waals surface area contributed by atoms with Crippen LogP contribution >= 0.6 is 11.6 Å². The number of nitrogens with zero attached hydrogens (tertiary/aromatic N) is 1. The lowest BCUT2D eigenvalue weighted by Crippen LogP contribution is -2.45. The standard InChI is InChI=1S/C15H18ClNO4S/c1-12(16)11-21-15(18)14(13-5-3-2-4-6-13)17-7-9-22(19,20)10-8-17/h2-6,14H,1,7-11H2/t14-/m1/s1. The van der Waals surface area contributed by atoms with Crippen LogP contribution in [-0.4, -0.2) is 50.5 Å². The van der Waals surface area contributed by atoms with Crippen molar-refractivity contribution < 1.29 is 17.9 Å². The zero-order chi connectivity index (χ0) is 16.2. The van der Waals surface area contributed by atoms with E-state index in [4.69, 9.17) is 16.3 Å². The van der Waals surface area contributed by atoms with Gasteiger partial charge in [-0.25, -0.2) is 13.2 Å². The molecule has 0 aliphatic carbocycles. The van der Waals surface area contributed by atoms with E-state index in [1.54, 1.807) is 0 Å². The average Bonchev–Trinajstić information content (AvgIpc) is 2.48. The Hall–Kier alpha value is -1.37. The van der Waals surface area contributed by atoms with Crippen LogP contribution in [0.4, 0.5) is 0 Å². The summed E-state index contributed by atoms with van der Waals surface area (Å²) < 4.78 is 28.3. The van der Waals surface area contributed by atoms with E-state index in [1.165, 1.54) is 0 Å². The molecule has 22 heavy (non-hydrogen) atoms. The second-order valence-electron chi connectivity index (χ2n) is 5.13. The van der Waals surface area contributed by atoms with E-state index < -0.39 is 21.8 Å². The molecule has 7 heteroatoms. The molecular weight excluding hydrogens is 326 g/mol. The van der Waals surface area contributed by atoms with Gasteiger partial charge in [-0.2, -0.15) is 0 Å². The van der Waals surface area contributed by atoms with Gasteiger partial charge in [-0.15, -0.1) is 0 Å². The number of esters is 1. The van der Waals surface area contributed by atoms with Gasteiger partial charge in [-0.1, -0.05) is 48.5 Å². The van der Waals surface area contributed by atoms with Crippen LogP contribution in [0.2, 0.25) is 0 Å². The normalized spacial score (nSPS) is 19.3. The molecule has 1 aliphatic rings. The number of rotatable bonds is 5. The van der Waals surface area contributed by atoms with Gasteiger partial charge in [-0.05, 0) is 5.56 Å². The van der Waals surface area contributed by atoms with E-state index in [0.717, 1.165) is 5.56 Å². The summed E-state index contributed by atoms with van der Waals surface area (Å²) in [7, 11) is -3.01. The topological polar surface area (TPSA) is 63.7 Å². The highest BCUT2D eigenvalue weighted by molar-refractivity contribution is 7.91. The van der Waals surface area contributed by atoms with Crippen molar-refractivity contribution in [1.29, 1.82) is 0 Å². The van der Waals surface area contributed by atoms with Gasteiger partial charge in [0.1, 0.15) is 12.6 Å². The maximum Gasteiger partial charge on any atom is 0.328 e. The van der Waals surface area contributed by atoms with Crippen molar-refractivity contribution in [3.63, 3.8) is 0 Å². The number of halogens is 1. The number of benzene rings is 1. The first kappa shape index (κ1) is 17.0. The van der Waals surface area contributed by atoms with Gasteiger partial charge in [0, 0.05) is 18.1 Å². The summed E-state index contributed by atoms with van der Waals surface area (Å²) in [5.74, 6) is -0.357. The molecule has 1 saturated heterocycles. The van der Waals surface area contributed by atoms with Crippen LogP contribution < -0.4 is 0 Å². The molecule has 1 atom stereocenters. The predicted molar refractivity (Wildman–Crippen MR) is 85.4 cm³/mol. The fourth-order valence-corrected chi connectivity index (χ4v) is 3.63. The van der Waals surface area contributed by atoms with Crippen LogP contribution in [0, 0.1) is 0 Å². The minimum Gasteiger partial charge on any atom is -0.458 e. The SMILES string of the molecule is C=C(Cl)COC(=O)[C@@H](c1ccccc1)N1CCS(=O)(=O)CC1. The largest absolute Gasteiger partial charge is 0.458 e. The highest BCUT2D eigenvalue weighted by Crippen LogP contribution is 2.24. The van der Waals surface area contributed by atoms with Crippen LogP contribution in [0.1, 0.15) is 11.6 Å². The number of hydrogen-bond acceptors (Lipinski definition) is 5. The van der Waals surface area contributed by atoms with Gasteiger partial charge in [0.25, 0.3) is 0 Å². The third kappa shape index (κ3) is 4.56. The van der Waals surface area contributed by atoms with Crippen molar-refractivity contribution in [3.05, 3.63) is 47.5 Å². The number of ether oxygens (including phenoxy) is 1. The van der Waals surface area contributed by atoms with Crippen LogP contribution in [0.15, 0.2) is 41.9 Å². The molecule has 1 heterocycles. The van der Waals surface area contributed by atoms with Crippen molar-refractivity contribution in [2.75, 3.05) is 31.2 Å². The van der Waals surface area contributed by atoms with Crippen molar-refractivity contribution in [2.45, 2.75) is 6.04 Å². The Labute approximate surface area is 135 Å². The minimum atomic E-state index is -3.01. The number of hydrogen-bond donors (Lipinski definition) is 0. The first-order valence-corrected chi connectivity index (χ1v) is 9.08. The molecule has 1 aromatic rings. The quantitative estimate of drug-likeness (QED) is 0.762. The minimum absolute atomic E-state index is 0.0474. The summed E-state index contributed by atoms with van der Waals surface area (Å²) >= 11 is 5.63. The van der Waals surface area contributed by atoms with Crippen molar-refractivity contribution in [1.82, 2.24) is 4.90 Å². The molecule has 1 fully saturated rings. The summed E-state index contributed by atoms with van der Waals surface area (Å²) in [5, 5.41) is 0.237. The highest BCUT2D eigenvalue weighted by Gasteiger charge is 2.33. The average molecular weight is 344 g/mol. The molecule has 0 saturated carbocycles. The second-order valence-corrected chi connectivity index (χ2v) is 7.96. The smallest absolute Gasteiger partial charge is 0.328 e. The molecule has 1 aliphatic heterocycles. The van der Waals surface area contributed by atoms with E-state index in [2.05, 4.69) is 6.58 Å². The fourth-order valence-electron chi connectivity index (χ4n) is 2.34. The predicted octanol–water partition coefficient (Wildman–Crippen LogP) is 1.75. The van der Waals surface area contributed by atoms with Crippen LogP contribution in [0.3, 0.4) is 0 Å². The Bertz CT molecular complexity index is 631. The molecule has 120 valence electrons. The van der Waals surface area contributed by atoms with Crippen molar-refractivity contribution >= 4 is 27.4 Å². The number of carbonyl (C=O) groups is 1. The first-order chi connectivity index (χ1) is 10.4. The van der Waals surface area contributed by atoms with Gasteiger partial charge in [0.15, 0.2) is 9.84 Å². The van der Waals surface area contributed by atoms with Gasteiger partial charge in [-0.3, -0.25) is 4.90 Å². The van der Waals surface area contributed by atoms with E-state index in [-0.39, 0.29) is 23.1 Å². The molecule has 0 aromatic heterocycles. The Morgan fingerprint density at radius 3 is 2.41 bits per heavy atom. The van der Waals surface area contributed by atoms with Crippen LogP contribution in [0.5, 0.6) is 0 Å². The zero-order valence-corrected chi connectivity index (χ0v) is 13.6. The van der Waals surface area contributed by atoms with E-state index >= 15 is 0 Å². The Morgan fingerprint density at radius 1 is 1.27 bits per heavy atom. The Kier molecular flexibility index (Phi) is 5.61. The molecule has 0 unspecified atom stereocenters. The van der Waals surface area contributed by atoms with Crippen molar-refractivity contribution in [3.8, 4) is 0 Å². The van der Waals surface area contributed by atoms with E-state index in [9.17, 15) is 13.2 Å². The van der Waals surface area contributed by atoms with E-state index in [0.29, 0.717) is 13.1 Å². The molecule has 0 radical (unpaired) electrons. The van der Waals surface area contributed by atoms with Gasteiger partial charge < -0.3 is 4.74 Å². The molecular formula is C15H18ClNO4S. The maximum absolute atomic E-state index is 12.4. The molecule has 0 spiro atoms. The summed E-state index contributed by atoms with van der Waals surface area (Å²) in [4.78, 5) is 14.2. The molecule has 2 rings (SSSR count). The monoisotopic (exact) mass is 343 g/mol. The Balaban J connectivity index is 2.19. The summed E-state index contributed by atoms with van der Waals surface area (Å²) in [5.41, 5.74) is 0.770. The first-order valence-electron chi connectivity index (χ1n) is 6.88. The third-order valence-corrected chi connectivity index (χ3v) is 5.17. The van der Waals surface area contributed by atoms with Crippen LogP contribution in [0.25, 0.3) is 0 Å². The summed E-state index contributed by atoms with van der Waals surface area (Å²) in [6, 6.07) is 8.53.